The normalized spacial score (nSPS) is 33.9. The van der Waals surface area contributed by atoms with Gasteiger partial charge in [0.05, 0.1) is 5.41 Å². The summed E-state index contributed by atoms with van der Waals surface area (Å²) in [6.07, 6.45) is 0.634. The van der Waals surface area contributed by atoms with Crippen LogP contribution in [0.15, 0.2) is 30.3 Å². The van der Waals surface area contributed by atoms with Crippen LogP contribution < -0.4 is 0 Å². The van der Waals surface area contributed by atoms with Gasteiger partial charge in [-0.2, -0.15) is 0 Å². The molecule has 0 aromatic heterocycles. The summed E-state index contributed by atoms with van der Waals surface area (Å²) in [4.78, 5) is 17.9. The molecule has 0 atom stereocenters. The van der Waals surface area contributed by atoms with Crippen molar-refractivity contribution in [3.05, 3.63) is 35.9 Å². The molecule has 0 aliphatic carbocycles. The van der Waals surface area contributed by atoms with Gasteiger partial charge in [0.1, 0.15) is 5.78 Å². The summed E-state index contributed by atoms with van der Waals surface area (Å²) < 4.78 is 0. The van der Waals surface area contributed by atoms with Crippen LogP contribution in [0.1, 0.15) is 18.9 Å². The first-order chi connectivity index (χ1) is 10.1. The van der Waals surface area contributed by atoms with Crippen LogP contribution >= 0.6 is 0 Å². The third-order valence-electron chi connectivity index (χ3n) is 5.45. The summed E-state index contributed by atoms with van der Waals surface area (Å²) in [6.45, 7) is 6.08. The highest BCUT2D eigenvalue weighted by Gasteiger charge is 2.56. The Morgan fingerprint density at radius 1 is 1.05 bits per heavy atom. The minimum absolute atomic E-state index is 0.269. The predicted molar refractivity (Wildman–Crippen MR) is 85.4 cm³/mol. The van der Waals surface area contributed by atoms with E-state index in [1.54, 1.807) is 0 Å². The predicted octanol–water partition coefficient (Wildman–Crippen LogP) is 2.03. The molecule has 0 saturated carbocycles. The second-order valence-corrected chi connectivity index (χ2v) is 6.85. The van der Waals surface area contributed by atoms with Crippen LogP contribution in [0.3, 0.4) is 0 Å². The molecule has 2 aliphatic heterocycles. The monoisotopic (exact) mass is 286 g/mol. The third kappa shape index (κ3) is 2.23. The average molecular weight is 286 g/mol. The van der Waals surface area contributed by atoms with Gasteiger partial charge in [-0.05, 0) is 19.7 Å². The first kappa shape index (κ1) is 14.7. The highest BCUT2D eigenvalue weighted by atomic mass is 16.1. The molecule has 0 amide bonds. The number of likely N-dealkylation sites (tertiary alicyclic amines) is 2. The van der Waals surface area contributed by atoms with Crippen molar-refractivity contribution >= 4 is 5.78 Å². The van der Waals surface area contributed by atoms with Gasteiger partial charge in [-0.25, -0.2) is 0 Å². The number of carbonyl (C=O) groups is 1. The van der Waals surface area contributed by atoms with E-state index in [9.17, 15) is 4.79 Å². The smallest absolute Gasteiger partial charge is 0.143 e. The third-order valence-corrected chi connectivity index (χ3v) is 5.45. The molecule has 0 spiro atoms. The molecule has 1 aromatic rings. The number of ketones is 1. The maximum Gasteiger partial charge on any atom is 0.143 e. The summed E-state index contributed by atoms with van der Waals surface area (Å²) in [5, 5.41) is 0. The number of piperidine rings is 2. The molecule has 0 unspecified atom stereocenters. The van der Waals surface area contributed by atoms with E-state index in [1.165, 1.54) is 5.56 Å². The van der Waals surface area contributed by atoms with Crippen LogP contribution in [-0.4, -0.2) is 55.9 Å². The van der Waals surface area contributed by atoms with E-state index in [2.05, 4.69) is 48.2 Å². The zero-order valence-electron chi connectivity index (χ0n) is 13.4. The standard InChI is InChI=1S/C18H26N2O/c1-4-17(21)18(14-8-6-5-7-9-14)15-10-19(2)11-16(18)13-20(3)12-15/h5-9,15-16H,4,10-13H2,1-3H3. The maximum atomic E-state index is 13.1. The fourth-order valence-corrected chi connectivity index (χ4v) is 4.77. The number of Topliss-reactive ketones (excluding diaryl/α,β-unsaturated/α-hetero) is 1. The minimum Gasteiger partial charge on any atom is -0.306 e. The Morgan fingerprint density at radius 2 is 1.52 bits per heavy atom. The van der Waals surface area contributed by atoms with Gasteiger partial charge < -0.3 is 9.80 Å². The van der Waals surface area contributed by atoms with Gasteiger partial charge in [-0.15, -0.1) is 0 Å². The van der Waals surface area contributed by atoms with Crippen molar-refractivity contribution in [2.75, 3.05) is 40.3 Å². The van der Waals surface area contributed by atoms with Gasteiger partial charge in [0.25, 0.3) is 0 Å². The van der Waals surface area contributed by atoms with Crippen molar-refractivity contribution in [2.24, 2.45) is 11.8 Å². The molecule has 3 nitrogen and oxygen atoms in total. The quantitative estimate of drug-likeness (QED) is 0.849. The van der Waals surface area contributed by atoms with Crippen LogP contribution in [0.2, 0.25) is 0 Å². The Morgan fingerprint density at radius 3 is 1.95 bits per heavy atom. The molecular formula is C18H26N2O. The zero-order valence-corrected chi connectivity index (χ0v) is 13.4. The van der Waals surface area contributed by atoms with Gasteiger partial charge in [0.15, 0.2) is 0 Å². The summed E-state index contributed by atoms with van der Waals surface area (Å²) >= 11 is 0. The molecular weight excluding hydrogens is 260 g/mol. The molecule has 2 heterocycles. The lowest BCUT2D eigenvalue weighted by atomic mass is 9.55. The molecule has 3 heteroatoms. The van der Waals surface area contributed by atoms with Crippen molar-refractivity contribution in [3.8, 4) is 0 Å². The lowest BCUT2D eigenvalue weighted by Gasteiger charge is -2.57. The second kappa shape index (κ2) is 5.54. The van der Waals surface area contributed by atoms with Crippen LogP contribution in [0.5, 0.6) is 0 Å². The van der Waals surface area contributed by atoms with E-state index >= 15 is 0 Å². The molecule has 1 aromatic carbocycles. The molecule has 2 bridgehead atoms. The molecule has 21 heavy (non-hydrogen) atoms. The van der Waals surface area contributed by atoms with E-state index in [1.807, 2.05) is 13.0 Å². The van der Waals surface area contributed by atoms with Gasteiger partial charge in [-0.1, -0.05) is 37.3 Å². The van der Waals surface area contributed by atoms with E-state index < -0.39 is 0 Å². The zero-order chi connectivity index (χ0) is 15.0. The average Bonchev–Trinajstić information content (AvgIpc) is 2.46. The summed E-state index contributed by atoms with van der Waals surface area (Å²) in [6, 6.07) is 10.6. The topological polar surface area (TPSA) is 23.6 Å². The van der Waals surface area contributed by atoms with Crippen LogP contribution in [0.25, 0.3) is 0 Å². The molecule has 0 radical (unpaired) electrons. The Labute approximate surface area is 127 Å². The molecule has 0 N–H and O–H groups in total. The SMILES string of the molecule is CCC(=O)C1(c2ccccc2)C2CN(C)CC1CN(C)C2. The highest BCUT2D eigenvalue weighted by Crippen LogP contribution is 2.47. The van der Waals surface area contributed by atoms with Gasteiger partial charge in [0, 0.05) is 44.4 Å². The number of hydrogen-bond acceptors (Lipinski definition) is 3. The van der Waals surface area contributed by atoms with Crippen molar-refractivity contribution in [2.45, 2.75) is 18.8 Å². The fraction of sp³-hybridized carbons (Fsp3) is 0.611. The molecule has 3 rings (SSSR count). The fourth-order valence-electron chi connectivity index (χ4n) is 4.77. The van der Waals surface area contributed by atoms with Crippen molar-refractivity contribution in [1.82, 2.24) is 9.80 Å². The molecule has 114 valence electrons. The molecule has 2 aliphatic rings. The number of fused-ring (bicyclic) bond motifs is 2. The van der Waals surface area contributed by atoms with Crippen molar-refractivity contribution in [1.29, 1.82) is 0 Å². The Bertz CT molecular complexity index is 483. The van der Waals surface area contributed by atoms with E-state index in [0.29, 0.717) is 24.0 Å². The van der Waals surface area contributed by atoms with Gasteiger partial charge >= 0.3 is 0 Å². The number of benzene rings is 1. The summed E-state index contributed by atoms with van der Waals surface area (Å²) in [7, 11) is 4.38. The number of carbonyl (C=O) groups excluding carboxylic acids is 1. The molecule has 2 fully saturated rings. The largest absolute Gasteiger partial charge is 0.306 e. The van der Waals surface area contributed by atoms with Gasteiger partial charge in [0.2, 0.25) is 0 Å². The Hall–Kier alpha value is -1.19. The Balaban J connectivity index is 2.13. The van der Waals surface area contributed by atoms with Crippen molar-refractivity contribution < 1.29 is 4.79 Å². The van der Waals surface area contributed by atoms with Crippen LogP contribution in [-0.2, 0) is 10.2 Å². The number of nitrogens with zero attached hydrogens (tertiary/aromatic N) is 2. The Kier molecular flexibility index (Phi) is 3.89. The van der Waals surface area contributed by atoms with E-state index in [0.717, 1.165) is 26.2 Å². The van der Waals surface area contributed by atoms with E-state index in [4.69, 9.17) is 0 Å². The first-order valence-electron chi connectivity index (χ1n) is 8.05. The number of rotatable bonds is 3. The van der Waals surface area contributed by atoms with Gasteiger partial charge in [-0.3, -0.25) is 4.79 Å². The van der Waals surface area contributed by atoms with E-state index in [-0.39, 0.29) is 5.41 Å². The minimum atomic E-state index is -0.269. The lowest BCUT2D eigenvalue weighted by molar-refractivity contribution is -0.137. The maximum absolute atomic E-state index is 13.1. The van der Waals surface area contributed by atoms with Crippen LogP contribution in [0, 0.1) is 11.8 Å². The molecule has 2 saturated heterocycles. The lowest BCUT2D eigenvalue weighted by Crippen LogP contribution is -2.67. The summed E-state index contributed by atoms with van der Waals surface area (Å²) in [5.41, 5.74) is 0.975. The highest BCUT2D eigenvalue weighted by molar-refractivity contribution is 5.91. The van der Waals surface area contributed by atoms with Crippen LogP contribution in [0.4, 0.5) is 0 Å². The second-order valence-electron chi connectivity index (χ2n) is 6.85. The number of hydrogen-bond donors (Lipinski definition) is 0. The van der Waals surface area contributed by atoms with Crippen molar-refractivity contribution in [3.63, 3.8) is 0 Å². The summed E-state index contributed by atoms with van der Waals surface area (Å²) in [5.74, 6) is 1.23. The first-order valence-corrected chi connectivity index (χ1v) is 8.05.